The van der Waals surface area contributed by atoms with E-state index in [2.05, 4.69) is 13.0 Å². The fourth-order valence-corrected chi connectivity index (χ4v) is 2.71. The van der Waals surface area contributed by atoms with Gasteiger partial charge in [-0.15, -0.1) is 11.6 Å². The molecular formula is C16H22ClNO. The molecule has 1 saturated carbocycles. The molecule has 1 amide bonds. The molecule has 1 aromatic rings. The first-order chi connectivity index (χ1) is 9.13. The second kappa shape index (κ2) is 6.42. The van der Waals surface area contributed by atoms with Crippen LogP contribution in [-0.4, -0.2) is 29.3 Å². The van der Waals surface area contributed by atoms with Crippen molar-refractivity contribution in [1.29, 1.82) is 0 Å². The van der Waals surface area contributed by atoms with Crippen LogP contribution < -0.4 is 0 Å². The molecule has 0 spiro atoms. The molecule has 2 nitrogen and oxygen atoms in total. The first-order valence-corrected chi connectivity index (χ1v) is 7.61. The highest BCUT2D eigenvalue weighted by atomic mass is 35.5. The van der Waals surface area contributed by atoms with Crippen LogP contribution in [0.2, 0.25) is 0 Å². The molecule has 0 aliphatic heterocycles. The van der Waals surface area contributed by atoms with Gasteiger partial charge in [0.15, 0.2) is 0 Å². The van der Waals surface area contributed by atoms with Crippen molar-refractivity contribution in [3.8, 4) is 0 Å². The van der Waals surface area contributed by atoms with Crippen molar-refractivity contribution in [3.63, 3.8) is 0 Å². The Bertz CT molecular complexity index is 454. The first-order valence-electron chi connectivity index (χ1n) is 7.07. The molecule has 1 fully saturated rings. The molecule has 0 aromatic heterocycles. The topological polar surface area (TPSA) is 20.3 Å². The zero-order chi connectivity index (χ0) is 13.8. The maximum atomic E-state index is 12.7. The van der Waals surface area contributed by atoms with Gasteiger partial charge in [0, 0.05) is 24.0 Å². The van der Waals surface area contributed by atoms with E-state index >= 15 is 0 Å². The van der Waals surface area contributed by atoms with Gasteiger partial charge in [-0.25, -0.2) is 0 Å². The average molecular weight is 280 g/mol. The fourth-order valence-electron chi connectivity index (χ4n) is 2.59. The minimum Gasteiger partial charge on any atom is -0.336 e. The Morgan fingerprint density at radius 1 is 1.37 bits per heavy atom. The van der Waals surface area contributed by atoms with Crippen LogP contribution in [0.5, 0.6) is 0 Å². The summed E-state index contributed by atoms with van der Waals surface area (Å²) in [4.78, 5) is 14.7. The van der Waals surface area contributed by atoms with E-state index < -0.39 is 0 Å². The van der Waals surface area contributed by atoms with E-state index in [1.54, 1.807) is 0 Å². The van der Waals surface area contributed by atoms with Crippen LogP contribution in [0.25, 0.3) is 0 Å². The van der Waals surface area contributed by atoms with Gasteiger partial charge in [0.05, 0.1) is 0 Å². The third-order valence-corrected chi connectivity index (χ3v) is 4.19. The van der Waals surface area contributed by atoms with Gasteiger partial charge in [0.25, 0.3) is 5.91 Å². The molecule has 1 aromatic carbocycles. The summed E-state index contributed by atoms with van der Waals surface area (Å²) < 4.78 is 0. The number of benzene rings is 1. The van der Waals surface area contributed by atoms with Crippen molar-refractivity contribution in [2.24, 2.45) is 0 Å². The van der Waals surface area contributed by atoms with Crippen molar-refractivity contribution >= 4 is 17.5 Å². The Morgan fingerprint density at radius 3 is 2.63 bits per heavy atom. The number of rotatable bonds is 5. The lowest BCUT2D eigenvalue weighted by atomic mass is 9.90. The zero-order valence-corrected chi connectivity index (χ0v) is 12.5. The van der Waals surface area contributed by atoms with Gasteiger partial charge < -0.3 is 4.90 Å². The lowest BCUT2D eigenvalue weighted by Gasteiger charge is -2.38. The van der Waals surface area contributed by atoms with E-state index in [9.17, 15) is 4.79 Å². The van der Waals surface area contributed by atoms with Crippen LogP contribution >= 0.6 is 11.6 Å². The largest absolute Gasteiger partial charge is 0.336 e. The van der Waals surface area contributed by atoms with Crippen LogP contribution in [-0.2, 0) is 0 Å². The molecule has 104 valence electrons. The molecule has 1 aliphatic rings. The second-order valence-corrected chi connectivity index (χ2v) is 5.82. The molecule has 0 saturated heterocycles. The van der Waals surface area contributed by atoms with Crippen LogP contribution in [0.3, 0.4) is 0 Å². The van der Waals surface area contributed by atoms with Crippen molar-refractivity contribution in [2.45, 2.75) is 45.6 Å². The van der Waals surface area contributed by atoms with Gasteiger partial charge >= 0.3 is 0 Å². The number of amides is 1. The van der Waals surface area contributed by atoms with Gasteiger partial charge in [-0.1, -0.05) is 17.7 Å². The Morgan fingerprint density at radius 2 is 2.11 bits per heavy atom. The summed E-state index contributed by atoms with van der Waals surface area (Å²) in [6, 6.07) is 6.48. The summed E-state index contributed by atoms with van der Waals surface area (Å²) in [6.07, 6.45) is 4.38. The minimum absolute atomic E-state index is 0.173. The van der Waals surface area contributed by atoms with Gasteiger partial charge in [0.1, 0.15) is 0 Å². The van der Waals surface area contributed by atoms with Crippen molar-refractivity contribution in [2.75, 3.05) is 12.4 Å². The highest BCUT2D eigenvalue weighted by molar-refractivity contribution is 6.17. The summed E-state index contributed by atoms with van der Waals surface area (Å²) in [5, 5.41) is 0. The summed E-state index contributed by atoms with van der Waals surface area (Å²) >= 11 is 5.78. The monoisotopic (exact) mass is 279 g/mol. The van der Waals surface area contributed by atoms with E-state index in [1.165, 1.54) is 12.0 Å². The van der Waals surface area contributed by atoms with E-state index in [1.807, 2.05) is 24.0 Å². The molecule has 0 bridgehead atoms. The molecule has 0 radical (unpaired) electrons. The van der Waals surface area contributed by atoms with Gasteiger partial charge in [-0.05, 0) is 51.2 Å². The van der Waals surface area contributed by atoms with E-state index in [0.29, 0.717) is 11.9 Å². The Hall–Kier alpha value is -1.02. The molecule has 0 atom stereocenters. The van der Waals surface area contributed by atoms with Gasteiger partial charge in [-0.3, -0.25) is 4.79 Å². The predicted octanol–water partition coefficient (Wildman–Crippen LogP) is 3.93. The van der Waals surface area contributed by atoms with Crippen molar-refractivity contribution in [1.82, 2.24) is 4.90 Å². The van der Waals surface area contributed by atoms with Gasteiger partial charge in [0.2, 0.25) is 0 Å². The number of carbonyl (C=O) groups is 1. The van der Waals surface area contributed by atoms with E-state index in [4.69, 9.17) is 11.6 Å². The van der Waals surface area contributed by atoms with Crippen LogP contribution in [0, 0.1) is 13.8 Å². The summed E-state index contributed by atoms with van der Waals surface area (Å²) in [6.45, 7) is 4.85. The second-order valence-electron chi connectivity index (χ2n) is 5.44. The number of hydrogen-bond acceptors (Lipinski definition) is 1. The van der Waals surface area contributed by atoms with Crippen LogP contribution in [0.4, 0.5) is 0 Å². The highest BCUT2D eigenvalue weighted by Crippen LogP contribution is 2.27. The average Bonchev–Trinajstić information content (AvgIpc) is 2.31. The Labute approximate surface area is 120 Å². The zero-order valence-electron chi connectivity index (χ0n) is 11.8. The number of hydrogen-bond donors (Lipinski definition) is 0. The van der Waals surface area contributed by atoms with Crippen LogP contribution in [0.1, 0.15) is 47.2 Å². The summed E-state index contributed by atoms with van der Waals surface area (Å²) in [7, 11) is 0. The SMILES string of the molecule is Cc1ccc(C(=O)N(CCCCl)C2CCC2)c(C)c1. The molecule has 2 rings (SSSR count). The minimum atomic E-state index is 0.173. The third kappa shape index (κ3) is 3.30. The number of carbonyl (C=O) groups excluding carboxylic acids is 1. The first kappa shape index (κ1) is 14.4. The normalized spacial score (nSPS) is 15.1. The number of aryl methyl sites for hydroxylation is 2. The van der Waals surface area contributed by atoms with Gasteiger partial charge in [-0.2, -0.15) is 0 Å². The standard InChI is InChI=1S/C16H22ClNO/c1-12-7-8-15(13(2)11-12)16(19)18(10-4-9-17)14-5-3-6-14/h7-8,11,14H,3-6,9-10H2,1-2H3. The quantitative estimate of drug-likeness (QED) is 0.748. The number of nitrogens with zero attached hydrogens (tertiary/aromatic N) is 1. The van der Waals surface area contributed by atoms with Crippen molar-refractivity contribution < 1.29 is 4.79 Å². The maximum Gasteiger partial charge on any atom is 0.254 e. The summed E-state index contributed by atoms with van der Waals surface area (Å²) in [5.41, 5.74) is 3.11. The van der Waals surface area contributed by atoms with Crippen molar-refractivity contribution in [3.05, 3.63) is 34.9 Å². The predicted molar refractivity (Wildman–Crippen MR) is 79.9 cm³/mol. The molecular weight excluding hydrogens is 258 g/mol. The van der Waals surface area contributed by atoms with E-state index in [0.717, 1.165) is 36.9 Å². The van der Waals surface area contributed by atoms with E-state index in [-0.39, 0.29) is 5.91 Å². The molecule has 1 aliphatic carbocycles. The fraction of sp³-hybridized carbons (Fsp3) is 0.562. The maximum absolute atomic E-state index is 12.7. The molecule has 19 heavy (non-hydrogen) atoms. The lowest BCUT2D eigenvalue weighted by molar-refractivity contribution is 0.0580. The third-order valence-electron chi connectivity index (χ3n) is 3.92. The number of alkyl halides is 1. The molecule has 3 heteroatoms. The lowest BCUT2D eigenvalue weighted by Crippen LogP contribution is -2.45. The molecule has 0 heterocycles. The summed E-state index contributed by atoms with van der Waals surface area (Å²) in [5.74, 6) is 0.788. The molecule has 0 unspecified atom stereocenters. The Kier molecular flexibility index (Phi) is 4.87. The smallest absolute Gasteiger partial charge is 0.254 e. The highest BCUT2D eigenvalue weighted by Gasteiger charge is 2.29. The Balaban J connectivity index is 2.17. The molecule has 0 N–H and O–H groups in total. The number of halogens is 1. The van der Waals surface area contributed by atoms with Crippen LogP contribution in [0.15, 0.2) is 18.2 Å².